The highest BCUT2D eigenvalue weighted by atomic mass is 35.5. The number of hydrogen-bond donors (Lipinski definition) is 1. The zero-order chi connectivity index (χ0) is 24.2. The molecule has 5 nitrogen and oxygen atoms in total. The van der Waals surface area contributed by atoms with Gasteiger partial charge in [0.15, 0.2) is 11.5 Å². The molecule has 0 aromatic heterocycles. The Morgan fingerprint density at radius 3 is 2.56 bits per heavy atom. The Morgan fingerprint density at radius 1 is 1.12 bits per heavy atom. The van der Waals surface area contributed by atoms with E-state index in [2.05, 4.69) is 10.2 Å². The van der Waals surface area contributed by atoms with E-state index in [0.29, 0.717) is 28.6 Å². The summed E-state index contributed by atoms with van der Waals surface area (Å²) in [6.45, 7) is 3.28. The first-order valence-electron chi connectivity index (χ1n) is 11.2. The van der Waals surface area contributed by atoms with Crippen molar-refractivity contribution in [1.82, 2.24) is 10.2 Å². The minimum atomic E-state index is -0.264. The first-order chi connectivity index (χ1) is 16.4. The van der Waals surface area contributed by atoms with E-state index in [1.807, 2.05) is 25.1 Å². The van der Waals surface area contributed by atoms with Gasteiger partial charge >= 0.3 is 0 Å². The second kappa shape index (κ2) is 10.5. The molecule has 178 valence electrons. The first kappa shape index (κ1) is 24.0. The molecule has 0 bridgehead atoms. The molecule has 0 saturated heterocycles. The minimum absolute atomic E-state index is 0.157. The van der Waals surface area contributed by atoms with E-state index in [0.717, 1.165) is 29.7 Å². The predicted octanol–water partition coefficient (Wildman–Crippen LogP) is 5.41. The molecule has 4 rings (SSSR count). The van der Waals surface area contributed by atoms with Crippen LogP contribution in [0.15, 0.2) is 60.7 Å². The molecule has 1 aliphatic heterocycles. The fourth-order valence-electron chi connectivity index (χ4n) is 4.66. The molecule has 2 atom stereocenters. The van der Waals surface area contributed by atoms with Crippen LogP contribution in [0.4, 0.5) is 4.39 Å². The molecule has 0 radical (unpaired) electrons. The zero-order valence-electron chi connectivity index (χ0n) is 19.5. The summed E-state index contributed by atoms with van der Waals surface area (Å²) in [6, 6.07) is 17.1. The predicted molar refractivity (Wildman–Crippen MR) is 131 cm³/mol. The van der Waals surface area contributed by atoms with Gasteiger partial charge in [-0.2, -0.15) is 0 Å². The molecule has 0 saturated carbocycles. The van der Waals surface area contributed by atoms with Crippen LogP contribution in [0.1, 0.15) is 40.0 Å². The smallest absolute Gasteiger partial charge is 0.251 e. The Kier molecular flexibility index (Phi) is 7.39. The van der Waals surface area contributed by atoms with Crippen molar-refractivity contribution >= 4 is 17.5 Å². The highest BCUT2D eigenvalue weighted by Gasteiger charge is 2.34. The number of methoxy groups -OCH3 is 2. The number of fused-ring (bicyclic) bond motifs is 1. The van der Waals surface area contributed by atoms with Gasteiger partial charge in [0.25, 0.3) is 5.91 Å². The van der Waals surface area contributed by atoms with E-state index >= 15 is 0 Å². The average Bonchev–Trinajstić information content (AvgIpc) is 2.82. The number of amides is 1. The summed E-state index contributed by atoms with van der Waals surface area (Å²) in [5.74, 6) is 0.842. The summed E-state index contributed by atoms with van der Waals surface area (Å²) in [6.07, 6.45) is 0.802. The third-order valence-corrected chi connectivity index (χ3v) is 6.45. The van der Waals surface area contributed by atoms with Crippen LogP contribution in [-0.4, -0.2) is 37.6 Å². The molecule has 0 spiro atoms. The number of halogens is 2. The molecule has 0 fully saturated rings. The van der Waals surface area contributed by atoms with Gasteiger partial charge in [-0.15, -0.1) is 0 Å². The number of carbonyl (C=O) groups excluding carboxylic acids is 1. The second-order valence-corrected chi connectivity index (χ2v) is 8.91. The van der Waals surface area contributed by atoms with Gasteiger partial charge in [0.05, 0.1) is 20.3 Å². The van der Waals surface area contributed by atoms with E-state index in [-0.39, 0.29) is 23.8 Å². The lowest BCUT2D eigenvalue weighted by atomic mass is 9.87. The fraction of sp³-hybridized carbons (Fsp3) is 0.296. The summed E-state index contributed by atoms with van der Waals surface area (Å²) in [7, 11) is 3.23. The van der Waals surface area contributed by atoms with Crippen LogP contribution in [0.25, 0.3) is 0 Å². The highest BCUT2D eigenvalue weighted by molar-refractivity contribution is 6.30. The van der Waals surface area contributed by atoms with Crippen molar-refractivity contribution in [2.75, 3.05) is 20.8 Å². The van der Waals surface area contributed by atoms with Crippen molar-refractivity contribution in [1.29, 1.82) is 0 Å². The standard InChI is InChI=1S/C27H28ClFN2O3/c1-17(30-27(32)20-7-5-8-21(28)13-20)26-23-15-25(34-3)24(33-2)14-19(23)10-11-31(26)16-18-6-4-9-22(29)12-18/h4-9,12-15,17,26H,10-11,16H2,1-3H3,(H,30,32)/t17-,26+/m1/s1. The SMILES string of the molecule is COc1cc2c(cc1OC)[C@H]([C@@H](C)NC(=O)c1cccc(Cl)c1)N(Cc1cccc(F)c1)CC2. The lowest BCUT2D eigenvalue weighted by Crippen LogP contribution is -2.47. The maximum Gasteiger partial charge on any atom is 0.251 e. The molecule has 3 aromatic carbocycles. The summed E-state index contributed by atoms with van der Waals surface area (Å²) < 4.78 is 24.9. The largest absolute Gasteiger partial charge is 0.493 e. The van der Waals surface area contributed by atoms with Gasteiger partial charge in [-0.3, -0.25) is 9.69 Å². The Labute approximate surface area is 204 Å². The van der Waals surface area contributed by atoms with Crippen molar-refractivity contribution in [2.45, 2.75) is 32.0 Å². The topological polar surface area (TPSA) is 50.8 Å². The molecule has 1 amide bonds. The van der Waals surface area contributed by atoms with Crippen molar-refractivity contribution in [3.8, 4) is 11.5 Å². The number of benzene rings is 3. The summed E-state index contributed by atoms with van der Waals surface area (Å²) >= 11 is 6.08. The van der Waals surface area contributed by atoms with Gasteiger partial charge in [0.2, 0.25) is 0 Å². The van der Waals surface area contributed by atoms with Gasteiger partial charge in [-0.25, -0.2) is 4.39 Å². The van der Waals surface area contributed by atoms with Crippen molar-refractivity contribution in [3.63, 3.8) is 0 Å². The fourth-order valence-corrected chi connectivity index (χ4v) is 4.85. The number of hydrogen-bond acceptors (Lipinski definition) is 4. The molecule has 3 aromatic rings. The Morgan fingerprint density at radius 2 is 1.85 bits per heavy atom. The van der Waals surface area contributed by atoms with Crippen LogP contribution < -0.4 is 14.8 Å². The Balaban J connectivity index is 1.69. The van der Waals surface area contributed by atoms with Crippen molar-refractivity contribution in [2.24, 2.45) is 0 Å². The maximum absolute atomic E-state index is 13.9. The molecule has 1 heterocycles. The number of rotatable bonds is 7. The van der Waals surface area contributed by atoms with Crippen molar-refractivity contribution < 1.29 is 18.7 Å². The molecule has 7 heteroatoms. The number of ether oxygens (including phenoxy) is 2. The van der Waals surface area contributed by atoms with Gasteiger partial charge in [0.1, 0.15) is 5.82 Å². The summed E-state index contributed by atoms with van der Waals surface area (Å²) in [4.78, 5) is 15.3. The Bertz CT molecular complexity index is 1190. The average molecular weight is 483 g/mol. The second-order valence-electron chi connectivity index (χ2n) is 8.47. The summed E-state index contributed by atoms with van der Waals surface area (Å²) in [5, 5.41) is 3.65. The lowest BCUT2D eigenvalue weighted by Gasteiger charge is -2.41. The van der Waals surface area contributed by atoms with Crippen LogP contribution in [0.5, 0.6) is 11.5 Å². The van der Waals surface area contributed by atoms with E-state index in [9.17, 15) is 9.18 Å². The highest BCUT2D eigenvalue weighted by Crippen LogP contribution is 2.40. The van der Waals surface area contributed by atoms with Crippen LogP contribution in [0.2, 0.25) is 5.02 Å². The maximum atomic E-state index is 13.9. The Hall–Kier alpha value is -3.09. The number of nitrogens with one attached hydrogen (secondary N) is 1. The third-order valence-electron chi connectivity index (χ3n) is 6.22. The minimum Gasteiger partial charge on any atom is -0.493 e. The molecular formula is C27H28ClFN2O3. The van der Waals surface area contributed by atoms with Crippen LogP contribution in [-0.2, 0) is 13.0 Å². The van der Waals surface area contributed by atoms with Crippen LogP contribution in [0, 0.1) is 5.82 Å². The van der Waals surface area contributed by atoms with E-state index in [4.69, 9.17) is 21.1 Å². The van der Waals surface area contributed by atoms with Crippen LogP contribution >= 0.6 is 11.6 Å². The number of carbonyl (C=O) groups is 1. The molecular weight excluding hydrogens is 455 g/mol. The molecule has 0 unspecified atom stereocenters. The zero-order valence-corrected chi connectivity index (χ0v) is 20.2. The van der Waals surface area contributed by atoms with E-state index in [1.165, 1.54) is 6.07 Å². The quantitative estimate of drug-likeness (QED) is 0.489. The third kappa shape index (κ3) is 5.18. The molecule has 1 N–H and O–H groups in total. The molecule has 0 aliphatic carbocycles. The first-order valence-corrected chi connectivity index (χ1v) is 11.6. The van der Waals surface area contributed by atoms with Gasteiger partial charge in [0, 0.05) is 29.7 Å². The van der Waals surface area contributed by atoms with E-state index < -0.39 is 0 Å². The normalized spacial score (nSPS) is 16.4. The summed E-state index contributed by atoms with van der Waals surface area (Å²) in [5.41, 5.74) is 3.57. The van der Waals surface area contributed by atoms with Gasteiger partial charge in [-0.1, -0.05) is 29.8 Å². The molecule has 34 heavy (non-hydrogen) atoms. The van der Waals surface area contributed by atoms with Gasteiger partial charge < -0.3 is 14.8 Å². The van der Waals surface area contributed by atoms with Gasteiger partial charge in [-0.05, 0) is 72.5 Å². The molecule has 1 aliphatic rings. The van der Waals surface area contributed by atoms with Crippen molar-refractivity contribution in [3.05, 3.63) is 93.8 Å². The number of nitrogens with zero attached hydrogens (tertiary/aromatic N) is 1. The van der Waals surface area contributed by atoms with Crippen LogP contribution in [0.3, 0.4) is 0 Å². The monoisotopic (exact) mass is 482 g/mol. The lowest BCUT2D eigenvalue weighted by molar-refractivity contribution is 0.0877. The van der Waals surface area contributed by atoms with E-state index in [1.54, 1.807) is 50.6 Å².